The highest BCUT2D eigenvalue weighted by atomic mass is 32.1. The van der Waals surface area contributed by atoms with Crippen molar-refractivity contribution in [1.29, 1.82) is 0 Å². The maximum atomic E-state index is 4.49. The van der Waals surface area contributed by atoms with Crippen LogP contribution in [0, 0.1) is 13.8 Å². The number of rotatable bonds is 3. The van der Waals surface area contributed by atoms with Crippen molar-refractivity contribution < 1.29 is 0 Å². The van der Waals surface area contributed by atoms with Crippen LogP contribution in [0.2, 0.25) is 0 Å². The van der Waals surface area contributed by atoms with Gasteiger partial charge in [-0.15, -0.1) is 11.3 Å². The van der Waals surface area contributed by atoms with Gasteiger partial charge in [-0.3, -0.25) is 0 Å². The fourth-order valence-electron chi connectivity index (χ4n) is 2.85. The van der Waals surface area contributed by atoms with Crippen molar-refractivity contribution in [3.05, 3.63) is 51.0 Å². The Kier molecular flexibility index (Phi) is 3.67. The van der Waals surface area contributed by atoms with E-state index in [1.165, 1.54) is 39.5 Å². The minimum Gasteiger partial charge on any atom is -0.309 e. The van der Waals surface area contributed by atoms with Gasteiger partial charge >= 0.3 is 0 Å². The number of thiazole rings is 1. The molecule has 0 amide bonds. The van der Waals surface area contributed by atoms with Gasteiger partial charge in [0.1, 0.15) is 0 Å². The van der Waals surface area contributed by atoms with Crippen LogP contribution in [0.15, 0.2) is 24.3 Å². The zero-order valence-corrected chi connectivity index (χ0v) is 12.4. The van der Waals surface area contributed by atoms with Crippen LogP contribution in [-0.4, -0.2) is 11.0 Å². The van der Waals surface area contributed by atoms with Gasteiger partial charge in [0.05, 0.1) is 10.7 Å². The number of hydrogen-bond acceptors (Lipinski definition) is 3. The Morgan fingerprint density at radius 2 is 2.05 bits per heavy atom. The average molecular weight is 272 g/mol. The van der Waals surface area contributed by atoms with E-state index in [-0.39, 0.29) is 0 Å². The number of nitrogens with one attached hydrogen (secondary N) is 1. The molecule has 19 heavy (non-hydrogen) atoms. The molecule has 2 aromatic rings. The highest BCUT2D eigenvalue weighted by Gasteiger charge is 2.18. The minimum atomic E-state index is 0.608. The van der Waals surface area contributed by atoms with Crippen LogP contribution in [0.25, 0.3) is 0 Å². The van der Waals surface area contributed by atoms with Crippen LogP contribution in [-0.2, 0) is 19.4 Å². The summed E-state index contributed by atoms with van der Waals surface area (Å²) in [5, 5.41) is 4.87. The fourth-order valence-corrected chi connectivity index (χ4v) is 3.73. The molecular weight excluding hydrogens is 252 g/mol. The van der Waals surface area contributed by atoms with Crippen LogP contribution in [0.1, 0.15) is 33.1 Å². The molecule has 1 unspecified atom stereocenters. The molecule has 0 bridgehead atoms. The molecule has 1 aromatic carbocycles. The third kappa shape index (κ3) is 2.88. The molecular formula is C16H20N2S. The average Bonchev–Trinajstić information content (AvgIpc) is 2.74. The quantitative estimate of drug-likeness (QED) is 0.926. The summed E-state index contributed by atoms with van der Waals surface area (Å²) in [4.78, 5) is 5.87. The van der Waals surface area contributed by atoms with Gasteiger partial charge in [-0.05, 0) is 44.2 Å². The topological polar surface area (TPSA) is 24.9 Å². The van der Waals surface area contributed by atoms with Crippen LogP contribution >= 0.6 is 11.3 Å². The smallest absolute Gasteiger partial charge is 0.0900 e. The van der Waals surface area contributed by atoms with E-state index >= 15 is 0 Å². The molecule has 0 aliphatic heterocycles. The summed E-state index contributed by atoms with van der Waals surface area (Å²) < 4.78 is 0. The zero-order chi connectivity index (χ0) is 13.2. The van der Waals surface area contributed by atoms with Crippen LogP contribution in [0.4, 0.5) is 0 Å². The molecule has 1 aliphatic rings. The Morgan fingerprint density at radius 3 is 2.79 bits per heavy atom. The van der Waals surface area contributed by atoms with E-state index in [0.717, 1.165) is 13.0 Å². The first kappa shape index (κ1) is 12.8. The lowest BCUT2D eigenvalue weighted by Crippen LogP contribution is -2.34. The van der Waals surface area contributed by atoms with Crippen LogP contribution < -0.4 is 5.32 Å². The Balaban J connectivity index is 1.62. The molecule has 0 fully saturated rings. The third-order valence-corrected chi connectivity index (χ3v) is 4.97. The number of aryl methyl sites for hydroxylation is 3. The van der Waals surface area contributed by atoms with Crippen LogP contribution in [0.3, 0.4) is 0 Å². The molecule has 1 N–H and O–H groups in total. The number of aromatic nitrogens is 1. The second kappa shape index (κ2) is 5.43. The standard InChI is InChI=1S/C16H20N2S/c1-11-16(19-12(2)18-11)10-17-15-8-7-13-5-3-4-6-14(13)9-15/h3-6,15,17H,7-10H2,1-2H3. The van der Waals surface area contributed by atoms with E-state index in [2.05, 4.69) is 48.4 Å². The SMILES string of the molecule is Cc1nc(C)c(CNC2CCc3ccccc3C2)s1. The molecule has 0 spiro atoms. The Labute approximate surface area is 118 Å². The molecule has 0 saturated heterocycles. The second-order valence-electron chi connectivity index (χ2n) is 5.33. The predicted octanol–water partition coefficient (Wildman–Crippen LogP) is 3.41. The minimum absolute atomic E-state index is 0.608. The van der Waals surface area contributed by atoms with Gasteiger partial charge in [-0.1, -0.05) is 24.3 Å². The number of nitrogens with zero attached hydrogens (tertiary/aromatic N) is 1. The number of hydrogen-bond donors (Lipinski definition) is 1. The lowest BCUT2D eigenvalue weighted by atomic mass is 9.88. The van der Waals surface area contributed by atoms with Crippen molar-refractivity contribution >= 4 is 11.3 Å². The fraction of sp³-hybridized carbons (Fsp3) is 0.438. The molecule has 3 rings (SSSR count). The summed E-state index contributed by atoms with van der Waals surface area (Å²) in [6.45, 7) is 5.15. The van der Waals surface area contributed by atoms with E-state index in [9.17, 15) is 0 Å². The molecule has 1 aromatic heterocycles. The Bertz CT molecular complexity index is 574. The van der Waals surface area contributed by atoms with Gasteiger partial charge in [0.25, 0.3) is 0 Å². The van der Waals surface area contributed by atoms with Gasteiger partial charge < -0.3 is 5.32 Å². The van der Waals surface area contributed by atoms with Gasteiger partial charge in [0, 0.05) is 17.5 Å². The maximum Gasteiger partial charge on any atom is 0.0900 e. The van der Waals surface area contributed by atoms with E-state index < -0.39 is 0 Å². The summed E-state index contributed by atoms with van der Waals surface area (Å²) in [6.07, 6.45) is 3.61. The maximum absolute atomic E-state index is 4.49. The molecule has 100 valence electrons. The summed E-state index contributed by atoms with van der Waals surface area (Å²) in [5.41, 5.74) is 4.24. The highest BCUT2D eigenvalue weighted by molar-refractivity contribution is 7.11. The van der Waals surface area contributed by atoms with Crippen molar-refractivity contribution in [2.45, 2.75) is 45.7 Å². The number of fused-ring (bicyclic) bond motifs is 1. The van der Waals surface area contributed by atoms with Gasteiger partial charge in [-0.25, -0.2) is 4.98 Å². The monoisotopic (exact) mass is 272 g/mol. The first-order valence-corrected chi connectivity index (χ1v) is 7.77. The van der Waals surface area contributed by atoms with E-state index in [0.29, 0.717) is 6.04 Å². The Hall–Kier alpha value is -1.19. The summed E-state index contributed by atoms with van der Waals surface area (Å²) >= 11 is 1.81. The molecule has 1 atom stereocenters. The molecule has 0 radical (unpaired) electrons. The lowest BCUT2D eigenvalue weighted by molar-refractivity contribution is 0.459. The second-order valence-corrected chi connectivity index (χ2v) is 6.62. The zero-order valence-electron chi connectivity index (χ0n) is 11.6. The molecule has 1 heterocycles. The molecule has 3 heteroatoms. The van der Waals surface area contributed by atoms with Crippen molar-refractivity contribution in [3.8, 4) is 0 Å². The summed E-state index contributed by atoms with van der Waals surface area (Å²) in [7, 11) is 0. The third-order valence-electron chi connectivity index (χ3n) is 3.90. The van der Waals surface area contributed by atoms with Crippen molar-refractivity contribution in [1.82, 2.24) is 10.3 Å². The van der Waals surface area contributed by atoms with E-state index in [1.807, 2.05) is 11.3 Å². The first-order chi connectivity index (χ1) is 9.22. The van der Waals surface area contributed by atoms with E-state index in [1.54, 1.807) is 0 Å². The van der Waals surface area contributed by atoms with Crippen molar-refractivity contribution in [2.24, 2.45) is 0 Å². The van der Waals surface area contributed by atoms with Gasteiger partial charge in [0.15, 0.2) is 0 Å². The lowest BCUT2D eigenvalue weighted by Gasteiger charge is -2.25. The van der Waals surface area contributed by atoms with Crippen molar-refractivity contribution in [2.75, 3.05) is 0 Å². The molecule has 2 nitrogen and oxygen atoms in total. The Morgan fingerprint density at radius 1 is 1.26 bits per heavy atom. The molecule has 1 aliphatic carbocycles. The molecule has 0 saturated carbocycles. The normalized spacial score (nSPS) is 18.3. The van der Waals surface area contributed by atoms with Crippen LogP contribution in [0.5, 0.6) is 0 Å². The first-order valence-electron chi connectivity index (χ1n) is 6.95. The van der Waals surface area contributed by atoms with Gasteiger partial charge in [-0.2, -0.15) is 0 Å². The predicted molar refractivity (Wildman–Crippen MR) is 80.7 cm³/mol. The summed E-state index contributed by atoms with van der Waals surface area (Å²) in [5.74, 6) is 0. The van der Waals surface area contributed by atoms with Gasteiger partial charge in [0.2, 0.25) is 0 Å². The van der Waals surface area contributed by atoms with E-state index in [4.69, 9.17) is 0 Å². The number of benzene rings is 1. The largest absolute Gasteiger partial charge is 0.309 e. The highest BCUT2D eigenvalue weighted by Crippen LogP contribution is 2.22. The summed E-state index contributed by atoms with van der Waals surface area (Å²) in [6, 6.07) is 9.44. The van der Waals surface area contributed by atoms with Crippen molar-refractivity contribution in [3.63, 3.8) is 0 Å².